The maximum absolute atomic E-state index is 13.4. The Morgan fingerprint density at radius 3 is 2.06 bits per heavy atom. The van der Waals surface area contributed by atoms with Crippen molar-refractivity contribution in [1.29, 1.82) is 0 Å². The molecule has 0 aliphatic carbocycles. The Morgan fingerprint density at radius 1 is 0.938 bits per heavy atom. The standard InChI is InChI=1S/C24H33N3O4S/c1-5-19-13-15-21(16-14-19)27(32(4,30)31)18-23(28)26(17-20-11-9-8-10-12-20)22(6-2)24(29)25-7-3/h8-16,22H,5-7,17-18H2,1-4H3,(H,25,29). The van der Waals surface area contributed by atoms with Crippen molar-refractivity contribution >= 4 is 27.5 Å². The number of sulfonamides is 1. The van der Waals surface area contributed by atoms with E-state index < -0.39 is 22.0 Å². The van der Waals surface area contributed by atoms with Crippen LogP contribution in [0.2, 0.25) is 0 Å². The largest absolute Gasteiger partial charge is 0.355 e. The van der Waals surface area contributed by atoms with Gasteiger partial charge in [0, 0.05) is 13.1 Å². The van der Waals surface area contributed by atoms with Crippen LogP contribution in [-0.4, -0.2) is 50.5 Å². The maximum atomic E-state index is 13.4. The fourth-order valence-electron chi connectivity index (χ4n) is 3.50. The predicted molar refractivity (Wildman–Crippen MR) is 128 cm³/mol. The molecule has 0 aromatic heterocycles. The summed E-state index contributed by atoms with van der Waals surface area (Å²) in [6.45, 7) is 5.94. The number of carbonyl (C=O) groups is 2. The fraction of sp³-hybridized carbons (Fsp3) is 0.417. The van der Waals surface area contributed by atoms with Crippen molar-refractivity contribution in [3.05, 3.63) is 65.7 Å². The zero-order chi connectivity index (χ0) is 23.7. The van der Waals surface area contributed by atoms with Crippen molar-refractivity contribution in [2.24, 2.45) is 0 Å². The molecule has 32 heavy (non-hydrogen) atoms. The zero-order valence-corrected chi connectivity index (χ0v) is 20.1. The second-order valence-electron chi connectivity index (χ2n) is 7.62. The number of hydrogen-bond acceptors (Lipinski definition) is 4. The summed E-state index contributed by atoms with van der Waals surface area (Å²) in [5, 5.41) is 2.78. The average molecular weight is 460 g/mol. The SMILES string of the molecule is CCNC(=O)C(CC)N(Cc1ccccc1)C(=O)CN(c1ccc(CC)cc1)S(C)(=O)=O. The van der Waals surface area contributed by atoms with E-state index in [1.165, 1.54) is 4.90 Å². The molecule has 0 saturated heterocycles. The number of anilines is 1. The first kappa shape index (κ1) is 25.4. The molecule has 0 bridgehead atoms. The first-order valence-electron chi connectivity index (χ1n) is 10.9. The van der Waals surface area contributed by atoms with Crippen molar-refractivity contribution in [3.8, 4) is 0 Å². The molecule has 0 spiro atoms. The molecule has 1 atom stereocenters. The van der Waals surface area contributed by atoms with E-state index in [0.29, 0.717) is 18.7 Å². The second kappa shape index (κ2) is 11.7. The zero-order valence-electron chi connectivity index (χ0n) is 19.2. The molecular formula is C24H33N3O4S. The Balaban J connectivity index is 2.39. The molecule has 0 aliphatic rings. The number of likely N-dealkylation sites (N-methyl/N-ethyl adjacent to an activating group) is 1. The number of hydrogen-bond donors (Lipinski definition) is 1. The van der Waals surface area contributed by atoms with E-state index in [9.17, 15) is 18.0 Å². The van der Waals surface area contributed by atoms with Gasteiger partial charge < -0.3 is 10.2 Å². The molecule has 0 fully saturated rings. The summed E-state index contributed by atoms with van der Waals surface area (Å²) in [5.41, 5.74) is 2.35. The maximum Gasteiger partial charge on any atom is 0.244 e. The third-order valence-corrected chi connectivity index (χ3v) is 6.39. The van der Waals surface area contributed by atoms with E-state index >= 15 is 0 Å². The average Bonchev–Trinajstić information content (AvgIpc) is 2.77. The Morgan fingerprint density at radius 2 is 1.56 bits per heavy atom. The van der Waals surface area contributed by atoms with Gasteiger partial charge in [-0.1, -0.05) is 56.3 Å². The second-order valence-corrected chi connectivity index (χ2v) is 9.52. The van der Waals surface area contributed by atoms with Gasteiger partial charge in [-0.2, -0.15) is 0 Å². The highest BCUT2D eigenvalue weighted by Crippen LogP contribution is 2.20. The summed E-state index contributed by atoms with van der Waals surface area (Å²) in [6, 6.07) is 15.8. The Bertz CT molecular complexity index is 992. The van der Waals surface area contributed by atoms with Crippen LogP contribution in [0.25, 0.3) is 0 Å². The van der Waals surface area contributed by atoms with Crippen molar-refractivity contribution in [2.45, 2.75) is 46.2 Å². The quantitative estimate of drug-likeness (QED) is 0.560. The molecule has 1 N–H and O–H groups in total. The molecule has 0 radical (unpaired) electrons. The lowest BCUT2D eigenvalue weighted by molar-refractivity contribution is -0.140. The molecule has 0 aliphatic heterocycles. The number of benzene rings is 2. The third-order valence-electron chi connectivity index (χ3n) is 5.24. The van der Waals surface area contributed by atoms with Gasteiger partial charge in [-0.15, -0.1) is 0 Å². The van der Waals surface area contributed by atoms with Crippen molar-refractivity contribution < 1.29 is 18.0 Å². The van der Waals surface area contributed by atoms with Gasteiger partial charge in [-0.05, 0) is 43.0 Å². The highest BCUT2D eigenvalue weighted by molar-refractivity contribution is 7.92. The van der Waals surface area contributed by atoms with Crippen LogP contribution in [0.1, 0.15) is 38.3 Å². The highest BCUT2D eigenvalue weighted by atomic mass is 32.2. The lowest BCUT2D eigenvalue weighted by Gasteiger charge is -2.32. The van der Waals surface area contributed by atoms with Crippen LogP contribution in [0.5, 0.6) is 0 Å². The molecule has 0 heterocycles. The fourth-order valence-corrected chi connectivity index (χ4v) is 4.35. The number of amides is 2. The molecule has 2 rings (SSSR count). The minimum atomic E-state index is -3.72. The van der Waals surface area contributed by atoms with Crippen LogP contribution in [0.3, 0.4) is 0 Å². The van der Waals surface area contributed by atoms with Gasteiger partial charge in [0.15, 0.2) is 0 Å². The van der Waals surface area contributed by atoms with E-state index in [-0.39, 0.29) is 19.0 Å². The van der Waals surface area contributed by atoms with Crippen LogP contribution in [-0.2, 0) is 32.6 Å². The number of nitrogens with one attached hydrogen (secondary N) is 1. The van der Waals surface area contributed by atoms with Gasteiger partial charge in [0.05, 0.1) is 11.9 Å². The number of rotatable bonds is 11. The van der Waals surface area contributed by atoms with E-state index in [1.807, 2.05) is 63.2 Å². The van der Waals surface area contributed by atoms with Crippen LogP contribution in [0, 0.1) is 0 Å². The molecule has 0 saturated carbocycles. The molecule has 7 nitrogen and oxygen atoms in total. The Labute approximate surface area is 191 Å². The first-order valence-corrected chi connectivity index (χ1v) is 12.7. The summed E-state index contributed by atoms with van der Waals surface area (Å²) >= 11 is 0. The summed E-state index contributed by atoms with van der Waals surface area (Å²) in [4.78, 5) is 27.6. The van der Waals surface area contributed by atoms with Crippen molar-refractivity contribution in [3.63, 3.8) is 0 Å². The number of aryl methyl sites for hydroxylation is 1. The van der Waals surface area contributed by atoms with E-state index in [1.54, 1.807) is 12.1 Å². The Kier molecular flexibility index (Phi) is 9.26. The topological polar surface area (TPSA) is 86.8 Å². The lowest BCUT2D eigenvalue weighted by Crippen LogP contribution is -2.52. The van der Waals surface area contributed by atoms with Crippen LogP contribution in [0.4, 0.5) is 5.69 Å². The summed E-state index contributed by atoms with van der Waals surface area (Å²) in [7, 11) is -3.72. The molecule has 174 valence electrons. The van der Waals surface area contributed by atoms with Gasteiger partial charge >= 0.3 is 0 Å². The highest BCUT2D eigenvalue weighted by Gasteiger charge is 2.31. The third kappa shape index (κ3) is 6.82. The lowest BCUT2D eigenvalue weighted by atomic mass is 10.1. The molecule has 8 heteroatoms. The first-order chi connectivity index (χ1) is 15.2. The minimum absolute atomic E-state index is 0.210. The monoisotopic (exact) mass is 459 g/mol. The molecule has 1 unspecified atom stereocenters. The van der Waals surface area contributed by atoms with Crippen LogP contribution >= 0.6 is 0 Å². The number of nitrogens with zero attached hydrogens (tertiary/aromatic N) is 2. The summed E-state index contributed by atoms with van der Waals surface area (Å²) in [6.07, 6.45) is 2.32. The summed E-state index contributed by atoms with van der Waals surface area (Å²) < 4.78 is 26.2. The van der Waals surface area contributed by atoms with Gasteiger partial charge in [-0.25, -0.2) is 8.42 Å². The Hall–Kier alpha value is -2.87. The smallest absolute Gasteiger partial charge is 0.244 e. The minimum Gasteiger partial charge on any atom is -0.355 e. The van der Waals surface area contributed by atoms with Gasteiger partial charge in [0.2, 0.25) is 21.8 Å². The van der Waals surface area contributed by atoms with E-state index in [0.717, 1.165) is 28.1 Å². The van der Waals surface area contributed by atoms with E-state index in [4.69, 9.17) is 0 Å². The van der Waals surface area contributed by atoms with Crippen molar-refractivity contribution in [1.82, 2.24) is 10.2 Å². The molecule has 2 amide bonds. The number of carbonyl (C=O) groups excluding carboxylic acids is 2. The molecule has 2 aromatic rings. The van der Waals surface area contributed by atoms with E-state index in [2.05, 4.69) is 5.32 Å². The molecule has 2 aromatic carbocycles. The van der Waals surface area contributed by atoms with Gasteiger partial charge in [-0.3, -0.25) is 13.9 Å². The molecular weight excluding hydrogens is 426 g/mol. The van der Waals surface area contributed by atoms with Gasteiger partial charge in [0.1, 0.15) is 12.6 Å². The van der Waals surface area contributed by atoms with Crippen LogP contribution < -0.4 is 9.62 Å². The van der Waals surface area contributed by atoms with Crippen LogP contribution in [0.15, 0.2) is 54.6 Å². The summed E-state index contributed by atoms with van der Waals surface area (Å²) in [5.74, 6) is -0.686. The normalized spacial score (nSPS) is 12.1. The predicted octanol–water partition coefficient (Wildman–Crippen LogP) is 2.96. The van der Waals surface area contributed by atoms with Crippen molar-refractivity contribution in [2.75, 3.05) is 23.7 Å². The van der Waals surface area contributed by atoms with Gasteiger partial charge in [0.25, 0.3) is 0 Å².